The van der Waals surface area contributed by atoms with Crippen LogP contribution in [0.1, 0.15) is 99.8 Å². The number of hydrogen-bond donors (Lipinski definition) is 1. The number of ketones is 1. The Kier molecular flexibility index (Phi) is 5.76. The summed E-state index contributed by atoms with van der Waals surface area (Å²) in [5.41, 5.74) is 4.46. The van der Waals surface area contributed by atoms with E-state index in [1.54, 1.807) is 11.1 Å². The normalized spacial score (nSPS) is 42.2. The summed E-state index contributed by atoms with van der Waals surface area (Å²) in [6.07, 6.45) is 13.1. The Hall–Kier alpha value is -1.15. The van der Waals surface area contributed by atoms with Gasteiger partial charge in [-0.2, -0.15) is 0 Å². The first-order valence-corrected chi connectivity index (χ1v) is 13.1. The van der Waals surface area contributed by atoms with Crippen molar-refractivity contribution in [3.63, 3.8) is 0 Å². The molecule has 0 bridgehead atoms. The fourth-order valence-corrected chi connectivity index (χ4v) is 8.63. The van der Waals surface area contributed by atoms with E-state index in [1.807, 2.05) is 6.92 Å². The summed E-state index contributed by atoms with van der Waals surface area (Å²) in [5, 5.41) is 10.3. The van der Waals surface area contributed by atoms with Crippen LogP contribution in [0, 0.1) is 39.4 Å². The van der Waals surface area contributed by atoms with Crippen LogP contribution in [0.5, 0.6) is 0 Å². The number of fused-ring (bicyclic) bond motifs is 5. The van der Waals surface area contributed by atoms with E-state index in [0.29, 0.717) is 23.5 Å². The maximum Gasteiger partial charge on any atom is 0.138 e. The molecular weight excluding hydrogens is 392 g/mol. The molecule has 0 heterocycles. The molecule has 1 N–H and O–H groups in total. The number of carbonyl (C=O) groups is 1. The van der Waals surface area contributed by atoms with Crippen molar-refractivity contribution in [1.29, 1.82) is 0 Å². The average molecular weight is 439 g/mol. The first-order chi connectivity index (χ1) is 14.8. The first kappa shape index (κ1) is 24.0. The van der Waals surface area contributed by atoms with Gasteiger partial charge in [0.15, 0.2) is 0 Å². The molecule has 0 spiro atoms. The summed E-state index contributed by atoms with van der Waals surface area (Å²) in [5.74, 6) is 2.15. The van der Waals surface area contributed by atoms with Crippen LogP contribution in [-0.2, 0) is 4.79 Å². The van der Waals surface area contributed by atoms with Crippen LogP contribution >= 0.6 is 0 Å². The number of rotatable bonds is 5. The van der Waals surface area contributed by atoms with Crippen LogP contribution in [0.3, 0.4) is 0 Å². The minimum atomic E-state index is -0.369. The largest absolute Gasteiger partial charge is 0.389 e. The molecule has 4 rings (SSSR count). The molecule has 4 aliphatic rings. The summed E-state index contributed by atoms with van der Waals surface area (Å²) in [4.78, 5) is 12.8. The maximum atomic E-state index is 12.8. The van der Waals surface area contributed by atoms with E-state index < -0.39 is 0 Å². The summed E-state index contributed by atoms with van der Waals surface area (Å²) in [7, 11) is 0. The van der Waals surface area contributed by atoms with Crippen LogP contribution in [0.25, 0.3) is 0 Å². The van der Waals surface area contributed by atoms with Crippen molar-refractivity contribution in [3.05, 3.63) is 35.5 Å². The summed E-state index contributed by atoms with van der Waals surface area (Å²) in [6, 6.07) is 0. The molecule has 7 atom stereocenters. The number of Topliss-reactive ketones (excluding diaryl/α,β-unsaturated/α-hetero) is 1. The minimum absolute atomic E-state index is 0.126. The van der Waals surface area contributed by atoms with E-state index in [0.717, 1.165) is 44.1 Å². The zero-order valence-electron chi connectivity index (χ0n) is 21.7. The molecule has 0 aromatic heterocycles. The van der Waals surface area contributed by atoms with Gasteiger partial charge in [0, 0.05) is 11.8 Å². The molecule has 0 aliphatic heterocycles. The second kappa shape index (κ2) is 7.69. The Bertz CT molecular complexity index is 875. The Balaban J connectivity index is 1.64. The molecule has 0 aromatic carbocycles. The van der Waals surface area contributed by atoms with Crippen molar-refractivity contribution in [2.75, 3.05) is 0 Å². The third-order valence-corrected chi connectivity index (χ3v) is 11.2. The Morgan fingerprint density at radius 3 is 2.47 bits per heavy atom. The third kappa shape index (κ3) is 3.18. The average Bonchev–Trinajstić information content (AvgIpc) is 3.00. The van der Waals surface area contributed by atoms with Gasteiger partial charge in [-0.15, -0.1) is 0 Å². The second-order valence-electron chi connectivity index (χ2n) is 13.1. The quantitative estimate of drug-likeness (QED) is 0.453. The van der Waals surface area contributed by atoms with Gasteiger partial charge in [-0.05, 0) is 97.0 Å². The van der Waals surface area contributed by atoms with Gasteiger partial charge in [0.05, 0.1) is 6.10 Å². The molecule has 0 radical (unpaired) electrons. The van der Waals surface area contributed by atoms with Crippen LogP contribution in [0.4, 0.5) is 0 Å². The lowest BCUT2D eigenvalue weighted by Gasteiger charge is -2.59. The highest BCUT2D eigenvalue weighted by atomic mass is 16.3. The van der Waals surface area contributed by atoms with Crippen molar-refractivity contribution in [2.24, 2.45) is 39.4 Å². The Morgan fingerprint density at radius 1 is 1.12 bits per heavy atom. The van der Waals surface area contributed by atoms with Crippen LogP contribution in [0.2, 0.25) is 0 Å². The summed E-state index contributed by atoms with van der Waals surface area (Å²) in [6.45, 7) is 20.2. The molecule has 4 aliphatic carbocycles. The van der Waals surface area contributed by atoms with Gasteiger partial charge in [0.2, 0.25) is 0 Å². The fourth-order valence-electron chi connectivity index (χ4n) is 8.63. The van der Waals surface area contributed by atoms with Crippen molar-refractivity contribution >= 4 is 5.78 Å². The van der Waals surface area contributed by atoms with E-state index in [9.17, 15) is 9.90 Å². The highest BCUT2D eigenvalue weighted by molar-refractivity contribution is 5.86. The van der Waals surface area contributed by atoms with E-state index in [1.165, 1.54) is 12.8 Å². The SMILES string of the molecule is C=C(C)[C@@H](O)CC[C@@H](C)[C@H]1CC[C@@]2(C)C3=CC[C@H]4C(C)(C)C(=O)CC[C@]4(C)C3=CC[C@]12C. The molecule has 32 heavy (non-hydrogen) atoms. The molecule has 0 saturated heterocycles. The van der Waals surface area contributed by atoms with Gasteiger partial charge >= 0.3 is 0 Å². The van der Waals surface area contributed by atoms with Crippen molar-refractivity contribution in [3.8, 4) is 0 Å². The summed E-state index contributed by atoms with van der Waals surface area (Å²) >= 11 is 0. The van der Waals surface area contributed by atoms with Crippen molar-refractivity contribution in [2.45, 2.75) is 106 Å². The van der Waals surface area contributed by atoms with Gasteiger partial charge in [0.1, 0.15) is 5.78 Å². The molecule has 2 heteroatoms. The highest BCUT2D eigenvalue weighted by Crippen LogP contribution is 2.71. The molecule has 0 aromatic rings. The predicted molar refractivity (Wildman–Crippen MR) is 133 cm³/mol. The fraction of sp³-hybridized carbons (Fsp3) is 0.767. The standard InChI is InChI=1S/C30H46O2/c1-19(2)24(31)11-9-20(3)21-13-17-30(8)23-10-12-25-27(4,5)26(32)15-16-28(25,6)22(23)14-18-29(21,30)7/h10,14,20-21,24-25,31H,1,9,11-13,15-18H2,2-8H3/t20-,21-,24+,25+,28-,29-,30+/m1/s1. The van der Waals surface area contributed by atoms with E-state index in [4.69, 9.17) is 0 Å². The number of aliphatic hydroxyl groups is 1. The third-order valence-electron chi connectivity index (χ3n) is 11.2. The number of allylic oxidation sites excluding steroid dienone is 4. The van der Waals surface area contributed by atoms with Gasteiger partial charge in [-0.3, -0.25) is 4.79 Å². The number of hydrogen-bond acceptors (Lipinski definition) is 2. The number of aliphatic hydroxyl groups excluding tert-OH is 1. The zero-order chi connectivity index (χ0) is 23.7. The predicted octanol–water partition coefficient (Wildman–Crippen LogP) is 7.43. The summed E-state index contributed by atoms with van der Waals surface area (Å²) < 4.78 is 0. The number of carbonyl (C=O) groups excluding carboxylic acids is 1. The van der Waals surface area contributed by atoms with E-state index in [-0.39, 0.29) is 27.8 Å². The van der Waals surface area contributed by atoms with Gasteiger partial charge in [0.25, 0.3) is 0 Å². The van der Waals surface area contributed by atoms with Gasteiger partial charge in [-0.25, -0.2) is 0 Å². The lowest BCUT2D eigenvalue weighted by atomic mass is 9.44. The van der Waals surface area contributed by atoms with Crippen molar-refractivity contribution in [1.82, 2.24) is 0 Å². The lowest BCUT2D eigenvalue weighted by Crippen LogP contribution is -2.53. The lowest BCUT2D eigenvalue weighted by molar-refractivity contribution is -0.138. The van der Waals surface area contributed by atoms with Gasteiger partial charge in [-0.1, -0.05) is 65.8 Å². The molecule has 0 unspecified atom stereocenters. The molecule has 2 fully saturated rings. The van der Waals surface area contributed by atoms with Gasteiger partial charge < -0.3 is 5.11 Å². The highest BCUT2D eigenvalue weighted by Gasteiger charge is 2.63. The molecule has 2 saturated carbocycles. The first-order valence-electron chi connectivity index (χ1n) is 13.1. The van der Waals surface area contributed by atoms with Crippen LogP contribution in [-0.4, -0.2) is 17.0 Å². The second-order valence-corrected chi connectivity index (χ2v) is 13.1. The molecular formula is C30H46O2. The topological polar surface area (TPSA) is 37.3 Å². The van der Waals surface area contributed by atoms with Crippen LogP contribution < -0.4 is 0 Å². The van der Waals surface area contributed by atoms with Crippen LogP contribution in [0.15, 0.2) is 35.5 Å². The smallest absolute Gasteiger partial charge is 0.138 e. The van der Waals surface area contributed by atoms with E-state index >= 15 is 0 Å². The zero-order valence-corrected chi connectivity index (χ0v) is 21.7. The monoisotopic (exact) mass is 438 g/mol. The van der Waals surface area contributed by atoms with Crippen molar-refractivity contribution < 1.29 is 9.90 Å². The maximum absolute atomic E-state index is 12.8. The molecule has 2 nitrogen and oxygen atoms in total. The van der Waals surface area contributed by atoms with E-state index in [2.05, 4.69) is 60.3 Å². The molecule has 178 valence electrons. The Morgan fingerprint density at radius 2 is 1.81 bits per heavy atom. The molecule has 0 amide bonds. The Labute approximate surface area is 196 Å². The minimum Gasteiger partial charge on any atom is -0.389 e.